The fourth-order valence-corrected chi connectivity index (χ4v) is 5.78. The predicted molar refractivity (Wildman–Crippen MR) is 150 cm³/mol. The summed E-state index contributed by atoms with van der Waals surface area (Å²) in [5.41, 5.74) is -0.293. The molecule has 1 amide bonds. The Morgan fingerprint density at radius 2 is 1.88 bits per heavy atom. The van der Waals surface area contributed by atoms with Crippen LogP contribution in [-0.4, -0.2) is 82.2 Å². The quantitative estimate of drug-likeness (QED) is 0.314. The van der Waals surface area contributed by atoms with E-state index in [2.05, 4.69) is 25.3 Å². The molecule has 1 aliphatic heterocycles. The number of thiazole rings is 1. The number of sulfonamides is 1. The molecule has 3 aromatic rings. The van der Waals surface area contributed by atoms with Crippen molar-refractivity contribution in [1.29, 1.82) is 0 Å². The number of rotatable bonds is 8. The molecule has 1 fully saturated rings. The van der Waals surface area contributed by atoms with Crippen molar-refractivity contribution in [1.82, 2.24) is 24.8 Å². The lowest BCUT2D eigenvalue weighted by Crippen LogP contribution is -2.51. The van der Waals surface area contributed by atoms with E-state index in [4.69, 9.17) is 9.47 Å². The first-order valence-corrected chi connectivity index (χ1v) is 15.3. The zero-order valence-corrected chi connectivity index (χ0v) is 25.1. The van der Waals surface area contributed by atoms with Crippen LogP contribution < -0.4 is 14.8 Å². The summed E-state index contributed by atoms with van der Waals surface area (Å²) >= 11 is 1.27. The van der Waals surface area contributed by atoms with E-state index >= 15 is 0 Å². The van der Waals surface area contributed by atoms with Crippen LogP contribution in [0.4, 0.5) is 34.1 Å². The molecular formula is C25H29F4N7O5S2. The van der Waals surface area contributed by atoms with Crippen molar-refractivity contribution in [3.63, 3.8) is 0 Å². The van der Waals surface area contributed by atoms with Crippen LogP contribution >= 0.6 is 11.3 Å². The summed E-state index contributed by atoms with van der Waals surface area (Å²) in [4.78, 5) is 31.2. The van der Waals surface area contributed by atoms with Crippen molar-refractivity contribution in [2.24, 2.45) is 0 Å². The summed E-state index contributed by atoms with van der Waals surface area (Å²) in [5.74, 6) is -1.89. The third-order valence-electron chi connectivity index (χ3n) is 5.54. The van der Waals surface area contributed by atoms with Crippen LogP contribution in [0, 0.1) is 6.92 Å². The number of piperidine rings is 1. The van der Waals surface area contributed by atoms with Gasteiger partial charge in [-0.15, -0.1) is 11.3 Å². The number of nitrogens with one attached hydrogen (secondary N) is 2. The van der Waals surface area contributed by atoms with Crippen molar-refractivity contribution in [3.05, 3.63) is 35.6 Å². The number of pyridine rings is 1. The summed E-state index contributed by atoms with van der Waals surface area (Å²) in [6.45, 7) is 7.04. The molecular weight excluding hydrogens is 618 g/mol. The van der Waals surface area contributed by atoms with Gasteiger partial charge in [0.25, 0.3) is 0 Å². The third-order valence-corrected chi connectivity index (χ3v) is 7.74. The molecule has 3 aromatic heterocycles. The molecule has 4 heterocycles. The number of hydrogen-bond acceptors (Lipinski definition) is 11. The van der Waals surface area contributed by atoms with Crippen LogP contribution in [0.2, 0.25) is 0 Å². The van der Waals surface area contributed by atoms with Crippen molar-refractivity contribution >= 4 is 39.2 Å². The van der Waals surface area contributed by atoms with Gasteiger partial charge in [0.05, 0.1) is 23.4 Å². The zero-order valence-electron chi connectivity index (χ0n) is 23.5. The smallest absolute Gasteiger partial charge is 0.410 e. The average molecular weight is 648 g/mol. The number of alkyl halides is 4. The first kappa shape index (κ1) is 32.1. The molecule has 0 aliphatic carbocycles. The van der Waals surface area contributed by atoms with E-state index in [0.29, 0.717) is 15.6 Å². The van der Waals surface area contributed by atoms with E-state index in [1.165, 1.54) is 28.5 Å². The van der Waals surface area contributed by atoms with Gasteiger partial charge in [0.1, 0.15) is 28.2 Å². The van der Waals surface area contributed by atoms with E-state index in [0.717, 1.165) is 12.3 Å². The first-order valence-electron chi connectivity index (χ1n) is 12.9. The molecule has 0 bridgehead atoms. The number of ether oxygens (including phenoxy) is 2. The monoisotopic (exact) mass is 647 g/mol. The molecule has 0 saturated carbocycles. The van der Waals surface area contributed by atoms with Crippen molar-refractivity contribution in [2.45, 2.75) is 58.1 Å². The average Bonchev–Trinajstić information content (AvgIpc) is 3.22. The van der Waals surface area contributed by atoms with Gasteiger partial charge in [-0.1, -0.05) is 0 Å². The maximum absolute atomic E-state index is 14.5. The number of anilines is 2. The molecule has 2 N–H and O–H groups in total. The molecule has 0 radical (unpaired) electrons. The maximum atomic E-state index is 14.5. The van der Waals surface area contributed by atoms with Gasteiger partial charge in [-0.25, -0.2) is 37.5 Å². The van der Waals surface area contributed by atoms with Crippen molar-refractivity contribution in [3.8, 4) is 22.2 Å². The fourth-order valence-electron chi connectivity index (χ4n) is 4.02. The van der Waals surface area contributed by atoms with Crippen molar-refractivity contribution < 1.29 is 40.2 Å². The second-order valence-corrected chi connectivity index (χ2v) is 13.6. The van der Waals surface area contributed by atoms with Crippen LogP contribution in [0.5, 0.6) is 11.6 Å². The molecule has 12 nitrogen and oxygen atoms in total. The van der Waals surface area contributed by atoms with Gasteiger partial charge in [0.15, 0.2) is 5.75 Å². The SMILES string of the molecule is Cc1nc(Oc2ccc(NS(=O)(=O)CC(F)(F)F)nc2)c(-c2ccnc(N[C@H]3C[C@H](F)CN(C(=O)OC(C)(C)C)C3)n2)s1. The number of aryl methyl sites for hydroxylation is 1. The highest BCUT2D eigenvalue weighted by atomic mass is 32.2. The fraction of sp³-hybridized carbons (Fsp3) is 0.480. The number of hydrogen-bond donors (Lipinski definition) is 2. The Morgan fingerprint density at radius 1 is 1.14 bits per heavy atom. The molecule has 0 spiro atoms. The molecule has 18 heteroatoms. The van der Waals surface area contributed by atoms with E-state index in [-0.39, 0.29) is 42.9 Å². The van der Waals surface area contributed by atoms with Crippen molar-refractivity contribution in [2.75, 3.05) is 28.9 Å². The van der Waals surface area contributed by atoms with E-state index in [9.17, 15) is 30.8 Å². The first-order chi connectivity index (χ1) is 19.9. The lowest BCUT2D eigenvalue weighted by Gasteiger charge is -2.36. The highest BCUT2D eigenvalue weighted by Crippen LogP contribution is 2.37. The van der Waals surface area contributed by atoms with Gasteiger partial charge >= 0.3 is 12.3 Å². The van der Waals surface area contributed by atoms with E-state index in [1.54, 1.807) is 38.5 Å². The molecule has 1 aliphatic rings. The minimum absolute atomic E-state index is 0.0793. The van der Waals surface area contributed by atoms with Gasteiger partial charge < -0.3 is 19.7 Å². The number of halogens is 4. The number of aromatic nitrogens is 4. The minimum atomic E-state index is -4.91. The van der Waals surface area contributed by atoms with Gasteiger partial charge in [-0.3, -0.25) is 4.72 Å². The molecule has 0 unspecified atom stereocenters. The summed E-state index contributed by atoms with van der Waals surface area (Å²) in [6, 6.07) is 3.60. The van der Waals surface area contributed by atoms with Crippen LogP contribution in [0.15, 0.2) is 30.6 Å². The zero-order chi connectivity index (χ0) is 31.6. The van der Waals surface area contributed by atoms with E-state index in [1.807, 2.05) is 0 Å². The van der Waals surface area contributed by atoms with Crippen LogP contribution in [-0.2, 0) is 14.8 Å². The highest BCUT2D eigenvalue weighted by Gasteiger charge is 2.35. The topological polar surface area (TPSA) is 149 Å². The third kappa shape index (κ3) is 9.60. The lowest BCUT2D eigenvalue weighted by atomic mass is 10.0. The lowest BCUT2D eigenvalue weighted by molar-refractivity contribution is -0.106. The Hall–Kier alpha value is -3.80. The van der Waals surface area contributed by atoms with Gasteiger partial charge in [0.2, 0.25) is 21.9 Å². The molecule has 43 heavy (non-hydrogen) atoms. The normalized spacial score (nSPS) is 17.8. The van der Waals surface area contributed by atoms with Crippen LogP contribution in [0.1, 0.15) is 32.2 Å². The minimum Gasteiger partial charge on any atom is -0.444 e. The molecule has 0 aromatic carbocycles. The van der Waals surface area contributed by atoms with Crippen LogP contribution in [0.3, 0.4) is 0 Å². The summed E-state index contributed by atoms with van der Waals surface area (Å²) in [6.07, 6.45) is -4.03. The second-order valence-electron chi connectivity index (χ2n) is 10.6. The number of carbonyl (C=O) groups is 1. The summed E-state index contributed by atoms with van der Waals surface area (Å²) < 4.78 is 88.3. The number of likely N-dealkylation sites (tertiary alicyclic amines) is 1. The Bertz CT molecular complexity index is 1550. The Labute approximate surface area is 248 Å². The van der Waals surface area contributed by atoms with E-state index < -0.39 is 45.9 Å². The summed E-state index contributed by atoms with van der Waals surface area (Å²) in [7, 11) is -4.69. The Balaban J connectivity index is 1.46. The largest absolute Gasteiger partial charge is 0.444 e. The molecule has 1 saturated heterocycles. The Morgan fingerprint density at radius 3 is 2.53 bits per heavy atom. The number of carbonyl (C=O) groups excluding carboxylic acids is 1. The maximum Gasteiger partial charge on any atom is 0.410 e. The molecule has 2 atom stereocenters. The summed E-state index contributed by atoms with van der Waals surface area (Å²) in [5, 5.41) is 3.71. The molecule has 4 rings (SSSR count). The number of nitrogens with zero attached hydrogens (tertiary/aromatic N) is 5. The van der Waals surface area contributed by atoms with Gasteiger partial charge in [0, 0.05) is 25.2 Å². The van der Waals surface area contributed by atoms with Crippen LogP contribution in [0.25, 0.3) is 10.6 Å². The predicted octanol–water partition coefficient (Wildman–Crippen LogP) is 5.16. The molecule has 234 valence electrons. The Kier molecular flexibility index (Phi) is 9.29. The standard InChI is InChI=1S/C25H29F4N7O5S2/c1-14-32-21(40-17-5-6-19(31-10-17)35-43(38,39)13-25(27,28)29)20(42-14)18-7-8-30-22(34-18)33-16-9-15(26)11-36(12-16)23(37)41-24(2,3)4/h5-8,10,15-16H,9,11-13H2,1-4H3,(H,31,35)(H,30,33,34)/t15-,16-/m0/s1. The van der Waals surface area contributed by atoms with Gasteiger partial charge in [-0.2, -0.15) is 13.2 Å². The number of amides is 1. The highest BCUT2D eigenvalue weighted by molar-refractivity contribution is 7.92. The van der Waals surface area contributed by atoms with Gasteiger partial charge in [-0.05, 0) is 45.9 Å². The second kappa shape index (κ2) is 12.4.